The molecule has 0 aliphatic heterocycles. The molecule has 2 N–H and O–H groups in total. The van der Waals surface area contributed by atoms with Crippen molar-refractivity contribution in [1.29, 1.82) is 0 Å². The van der Waals surface area contributed by atoms with E-state index in [4.69, 9.17) is 0 Å². The molecular formula is C13H20N2O2. The number of aliphatic hydroxyl groups excluding tert-OH is 1. The van der Waals surface area contributed by atoms with Crippen LogP contribution in [0.5, 0.6) is 0 Å². The molecule has 0 aromatic carbocycles. The van der Waals surface area contributed by atoms with Crippen LogP contribution in [0.4, 0.5) is 0 Å². The third-order valence-corrected chi connectivity index (χ3v) is 2.27. The highest BCUT2D eigenvalue weighted by Crippen LogP contribution is 2.20. The van der Waals surface area contributed by atoms with Crippen LogP contribution in [0.25, 0.3) is 0 Å². The molecular weight excluding hydrogens is 216 g/mol. The van der Waals surface area contributed by atoms with E-state index in [9.17, 15) is 9.90 Å². The maximum absolute atomic E-state index is 11.7. The van der Waals surface area contributed by atoms with Crippen LogP contribution in [0.15, 0.2) is 24.5 Å². The average Bonchev–Trinajstić information content (AvgIpc) is 2.25. The lowest BCUT2D eigenvalue weighted by Gasteiger charge is -2.22. The summed E-state index contributed by atoms with van der Waals surface area (Å²) in [6.45, 7) is 6.43. The van der Waals surface area contributed by atoms with Gasteiger partial charge in [0, 0.05) is 18.9 Å². The van der Waals surface area contributed by atoms with Crippen molar-refractivity contribution in [3.05, 3.63) is 30.1 Å². The summed E-state index contributed by atoms with van der Waals surface area (Å²) in [6, 6.07) is 3.40. The van der Waals surface area contributed by atoms with Crippen LogP contribution in [-0.2, 0) is 0 Å². The second-order valence-electron chi connectivity index (χ2n) is 5.37. The van der Waals surface area contributed by atoms with Crippen molar-refractivity contribution in [2.24, 2.45) is 5.41 Å². The van der Waals surface area contributed by atoms with Crippen molar-refractivity contribution in [2.45, 2.75) is 33.3 Å². The summed E-state index contributed by atoms with van der Waals surface area (Å²) in [5, 5.41) is 12.4. The zero-order valence-corrected chi connectivity index (χ0v) is 10.6. The van der Waals surface area contributed by atoms with Crippen molar-refractivity contribution >= 4 is 5.91 Å². The van der Waals surface area contributed by atoms with E-state index in [1.165, 1.54) is 6.20 Å². The van der Waals surface area contributed by atoms with Gasteiger partial charge >= 0.3 is 0 Å². The number of aliphatic hydroxyl groups is 1. The molecule has 94 valence electrons. The number of pyridine rings is 1. The lowest BCUT2D eigenvalue weighted by atomic mass is 9.89. The van der Waals surface area contributed by atoms with Crippen molar-refractivity contribution in [1.82, 2.24) is 10.3 Å². The first kappa shape index (κ1) is 13.6. The summed E-state index contributed by atoms with van der Waals surface area (Å²) in [7, 11) is 0. The Morgan fingerprint density at radius 2 is 2.24 bits per heavy atom. The summed E-state index contributed by atoms with van der Waals surface area (Å²) in [5.74, 6) is -0.203. The topological polar surface area (TPSA) is 62.2 Å². The van der Waals surface area contributed by atoms with Crippen LogP contribution >= 0.6 is 0 Å². The lowest BCUT2D eigenvalue weighted by molar-refractivity contribution is 0.0868. The van der Waals surface area contributed by atoms with Gasteiger partial charge in [-0.25, -0.2) is 0 Å². The minimum atomic E-state index is -0.518. The number of nitrogens with zero attached hydrogens (tertiary/aromatic N) is 1. The number of carbonyl (C=O) groups excluding carboxylic acids is 1. The highest BCUT2D eigenvalue weighted by atomic mass is 16.3. The van der Waals surface area contributed by atoms with Crippen molar-refractivity contribution in [2.75, 3.05) is 6.54 Å². The minimum Gasteiger partial charge on any atom is -0.391 e. The second kappa shape index (κ2) is 5.77. The highest BCUT2D eigenvalue weighted by Gasteiger charge is 2.17. The predicted octanol–water partition coefficient (Wildman–Crippen LogP) is 1.61. The second-order valence-corrected chi connectivity index (χ2v) is 5.37. The predicted molar refractivity (Wildman–Crippen MR) is 66.6 cm³/mol. The van der Waals surface area contributed by atoms with Gasteiger partial charge < -0.3 is 10.4 Å². The molecule has 1 atom stereocenters. The molecule has 0 fully saturated rings. The Labute approximate surface area is 102 Å². The van der Waals surface area contributed by atoms with Gasteiger partial charge in [-0.15, -0.1) is 0 Å². The van der Waals surface area contributed by atoms with E-state index in [0.717, 1.165) is 0 Å². The van der Waals surface area contributed by atoms with Crippen LogP contribution in [0.1, 0.15) is 37.6 Å². The molecule has 4 nitrogen and oxygen atoms in total. The largest absolute Gasteiger partial charge is 0.391 e. The van der Waals surface area contributed by atoms with E-state index >= 15 is 0 Å². The highest BCUT2D eigenvalue weighted by molar-refractivity contribution is 5.93. The maximum atomic E-state index is 11.7. The summed E-state index contributed by atoms with van der Waals surface area (Å²) >= 11 is 0. The zero-order valence-electron chi connectivity index (χ0n) is 10.6. The van der Waals surface area contributed by atoms with Crippen LogP contribution in [-0.4, -0.2) is 28.6 Å². The lowest BCUT2D eigenvalue weighted by Crippen LogP contribution is -2.34. The van der Waals surface area contributed by atoms with E-state index in [1.807, 2.05) is 0 Å². The molecule has 1 aromatic heterocycles. The Hall–Kier alpha value is -1.42. The number of aromatic nitrogens is 1. The molecule has 1 rings (SSSR count). The van der Waals surface area contributed by atoms with Gasteiger partial charge in [0.05, 0.1) is 11.7 Å². The van der Waals surface area contributed by atoms with Gasteiger partial charge in [-0.05, 0) is 24.0 Å². The van der Waals surface area contributed by atoms with Gasteiger partial charge in [0.15, 0.2) is 0 Å². The fourth-order valence-corrected chi connectivity index (χ4v) is 1.59. The summed E-state index contributed by atoms with van der Waals surface area (Å²) in [6.07, 6.45) is 3.26. The molecule has 0 aliphatic rings. The quantitative estimate of drug-likeness (QED) is 0.835. The first-order valence-corrected chi connectivity index (χ1v) is 5.75. The number of carbonyl (C=O) groups is 1. The molecule has 1 unspecified atom stereocenters. The Bertz CT molecular complexity index is 357. The van der Waals surface area contributed by atoms with Gasteiger partial charge in [-0.2, -0.15) is 0 Å². The van der Waals surface area contributed by atoms with Crippen molar-refractivity contribution in [3.63, 3.8) is 0 Å². The molecule has 0 saturated heterocycles. The van der Waals surface area contributed by atoms with Crippen molar-refractivity contribution in [3.8, 4) is 0 Å². The van der Waals surface area contributed by atoms with Crippen LogP contribution < -0.4 is 5.32 Å². The summed E-state index contributed by atoms with van der Waals surface area (Å²) in [5.41, 5.74) is 0.564. The van der Waals surface area contributed by atoms with E-state index < -0.39 is 6.10 Å². The van der Waals surface area contributed by atoms with Gasteiger partial charge in [0.2, 0.25) is 0 Å². The molecule has 0 spiro atoms. The Morgan fingerprint density at radius 1 is 1.53 bits per heavy atom. The third kappa shape index (κ3) is 5.45. The fraction of sp³-hybridized carbons (Fsp3) is 0.538. The molecule has 0 bridgehead atoms. The minimum absolute atomic E-state index is 0.0540. The molecule has 1 amide bonds. The summed E-state index contributed by atoms with van der Waals surface area (Å²) in [4.78, 5) is 15.5. The molecule has 1 aromatic rings. The molecule has 17 heavy (non-hydrogen) atoms. The van der Waals surface area contributed by atoms with Gasteiger partial charge in [0.1, 0.15) is 0 Å². The van der Waals surface area contributed by atoms with Crippen LogP contribution in [0.3, 0.4) is 0 Å². The van der Waals surface area contributed by atoms with E-state index in [2.05, 4.69) is 31.1 Å². The number of hydrogen-bond donors (Lipinski definition) is 2. The van der Waals surface area contributed by atoms with E-state index in [1.54, 1.807) is 18.3 Å². The number of hydrogen-bond acceptors (Lipinski definition) is 3. The van der Waals surface area contributed by atoms with Gasteiger partial charge in [0.25, 0.3) is 5.91 Å². The van der Waals surface area contributed by atoms with E-state index in [-0.39, 0.29) is 17.9 Å². The standard InChI is InChI=1S/C13H20N2O2/c1-13(2,3)7-11(16)9-15-12(17)10-5-4-6-14-8-10/h4-6,8,11,16H,7,9H2,1-3H3,(H,15,17). The maximum Gasteiger partial charge on any atom is 0.252 e. The van der Waals surface area contributed by atoms with E-state index in [0.29, 0.717) is 12.0 Å². The molecule has 0 aliphatic carbocycles. The number of rotatable bonds is 4. The number of nitrogens with one attached hydrogen (secondary N) is 1. The SMILES string of the molecule is CC(C)(C)CC(O)CNC(=O)c1cccnc1. The Morgan fingerprint density at radius 3 is 2.76 bits per heavy atom. The first-order valence-electron chi connectivity index (χ1n) is 5.75. The Kier molecular flexibility index (Phi) is 4.63. The average molecular weight is 236 g/mol. The van der Waals surface area contributed by atoms with Gasteiger partial charge in [-0.3, -0.25) is 9.78 Å². The molecule has 1 heterocycles. The summed E-state index contributed by atoms with van der Waals surface area (Å²) < 4.78 is 0. The van der Waals surface area contributed by atoms with Crippen LogP contribution in [0, 0.1) is 5.41 Å². The van der Waals surface area contributed by atoms with Crippen molar-refractivity contribution < 1.29 is 9.90 Å². The zero-order chi connectivity index (χ0) is 12.9. The fourth-order valence-electron chi connectivity index (χ4n) is 1.59. The molecule has 0 saturated carbocycles. The van der Waals surface area contributed by atoms with Crippen LogP contribution in [0.2, 0.25) is 0 Å². The molecule has 0 radical (unpaired) electrons. The van der Waals surface area contributed by atoms with Gasteiger partial charge in [-0.1, -0.05) is 20.8 Å². The monoisotopic (exact) mass is 236 g/mol. The first-order chi connectivity index (χ1) is 7.88. The number of amides is 1. The normalized spacial score (nSPS) is 13.2. The Balaban J connectivity index is 2.39. The molecule has 4 heteroatoms. The smallest absolute Gasteiger partial charge is 0.252 e. The third-order valence-electron chi connectivity index (χ3n) is 2.27.